The van der Waals surface area contributed by atoms with Crippen molar-refractivity contribution in [2.24, 2.45) is 0 Å². The molecule has 0 aromatic heterocycles. The monoisotopic (exact) mass is 495 g/mol. The Morgan fingerprint density at radius 2 is 1.86 bits per heavy atom. The first-order valence-corrected chi connectivity index (χ1v) is 11.1. The Morgan fingerprint density at radius 3 is 2.52 bits per heavy atom. The third-order valence-electron chi connectivity index (χ3n) is 3.96. The highest BCUT2D eigenvalue weighted by Crippen LogP contribution is 2.40. The van der Waals surface area contributed by atoms with E-state index in [-0.39, 0.29) is 11.1 Å². The number of carbonyl (C=O) groups is 2. The van der Waals surface area contributed by atoms with Crippen LogP contribution < -0.4 is 14.4 Å². The smallest absolute Gasteiger partial charge is 0.298 e. The average molecular weight is 497 g/mol. The van der Waals surface area contributed by atoms with E-state index in [0.717, 1.165) is 33.1 Å². The van der Waals surface area contributed by atoms with Gasteiger partial charge in [-0.1, -0.05) is 18.5 Å². The van der Waals surface area contributed by atoms with Gasteiger partial charge in [-0.2, -0.15) is 0 Å². The molecule has 0 radical (unpaired) electrons. The lowest BCUT2D eigenvalue weighted by atomic mass is 10.1. The second kappa shape index (κ2) is 9.69. The van der Waals surface area contributed by atoms with Gasteiger partial charge in [-0.05, 0) is 89.1 Å². The van der Waals surface area contributed by atoms with E-state index in [0.29, 0.717) is 40.3 Å². The number of thioether (sulfide) groups is 1. The lowest BCUT2D eigenvalue weighted by Gasteiger charge is -2.14. The summed E-state index contributed by atoms with van der Waals surface area (Å²) in [6.45, 7) is 4.96. The molecule has 1 saturated heterocycles. The van der Waals surface area contributed by atoms with Crippen LogP contribution in [0.25, 0.3) is 6.08 Å². The van der Waals surface area contributed by atoms with Crippen LogP contribution in [0.15, 0.2) is 45.8 Å². The summed E-state index contributed by atoms with van der Waals surface area (Å²) < 4.78 is 12.2. The third kappa shape index (κ3) is 4.97. The van der Waals surface area contributed by atoms with Crippen LogP contribution in [0.4, 0.5) is 10.5 Å². The van der Waals surface area contributed by atoms with Crippen molar-refractivity contribution in [3.8, 4) is 11.5 Å². The number of rotatable bonds is 7. The Labute approximate surface area is 187 Å². The molecule has 152 valence electrons. The number of benzene rings is 2. The molecule has 1 heterocycles. The van der Waals surface area contributed by atoms with Crippen LogP contribution in [0.5, 0.6) is 11.5 Å². The first kappa shape index (κ1) is 21.7. The molecule has 1 aliphatic heterocycles. The van der Waals surface area contributed by atoms with E-state index in [4.69, 9.17) is 21.1 Å². The number of imide groups is 1. The maximum atomic E-state index is 12.8. The number of hydrogen-bond acceptors (Lipinski definition) is 5. The van der Waals surface area contributed by atoms with Crippen molar-refractivity contribution in [3.05, 3.63) is 56.4 Å². The minimum absolute atomic E-state index is 0.335. The molecule has 0 saturated carbocycles. The number of halogens is 2. The molecule has 0 unspecified atom stereocenters. The van der Waals surface area contributed by atoms with Gasteiger partial charge in [0.2, 0.25) is 0 Å². The van der Waals surface area contributed by atoms with Crippen molar-refractivity contribution in [2.45, 2.75) is 20.3 Å². The van der Waals surface area contributed by atoms with Gasteiger partial charge in [0, 0.05) is 5.02 Å². The van der Waals surface area contributed by atoms with Crippen molar-refractivity contribution in [3.63, 3.8) is 0 Å². The zero-order valence-electron chi connectivity index (χ0n) is 15.9. The molecule has 8 heteroatoms. The molecule has 0 aliphatic carbocycles. The van der Waals surface area contributed by atoms with Crippen molar-refractivity contribution in [1.29, 1.82) is 0 Å². The highest BCUT2D eigenvalue weighted by Gasteiger charge is 2.36. The van der Waals surface area contributed by atoms with Crippen molar-refractivity contribution in [2.75, 3.05) is 18.1 Å². The van der Waals surface area contributed by atoms with Gasteiger partial charge in [-0.25, -0.2) is 4.90 Å². The summed E-state index contributed by atoms with van der Waals surface area (Å²) in [5.41, 5.74) is 1.21. The van der Waals surface area contributed by atoms with Crippen LogP contribution in [0, 0.1) is 0 Å². The maximum Gasteiger partial charge on any atom is 0.298 e. The SMILES string of the molecule is CCCOc1c(Br)cc(/C=C2/SC(=O)N(c3ccc(Cl)cc3)C2=O)cc1OCC. The van der Waals surface area contributed by atoms with E-state index in [9.17, 15) is 9.59 Å². The van der Waals surface area contributed by atoms with E-state index in [1.807, 2.05) is 19.9 Å². The molecule has 1 fully saturated rings. The summed E-state index contributed by atoms with van der Waals surface area (Å²) in [6.07, 6.45) is 2.55. The second-order valence-corrected chi connectivity index (χ2v) is 8.39. The van der Waals surface area contributed by atoms with Crippen LogP contribution >= 0.6 is 39.3 Å². The summed E-state index contributed by atoms with van der Waals surface area (Å²) in [4.78, 5) is 26.7. The molecular formula is C21H19BrClNO4S. The van der Waals surface area contributed by atoms with Crippen LogP contribution in [0.2, 0.25) is 5.02 Å². The molecule has 0 atom stereocenters. The lowest BCUT2D eigenvalue weighted by molar-refractivity contribution is -0.113. The van der Waals surface area contributed by atoms with Crippen molar-refractivity contribution in [1.82, 2.24) is 0 Å². The Bertz CT molecular complexity index is 962. The Morgan fingerprint density at radius 1 is 1.14 bits per heavy atom. The minimum Gasteiger partial charge on any atom is -0.490 e. The van der Waals surface area contributed by atoms with Crippen LogP contribution in [-0.4, -0.2) is 24.4 Å². The Hall–Kier alpha value is -1.96. The maximum absolute atomic E-state index is 12.8. The van der Waals surface area contributed by atoms with E-state index in [2.05, 4.69) is 15.9 Å². The molecular weight excluding hydrogens is 478 g/mol. The van der Waals surface area contributed by atoms with Gasteiger partial charge in [0.15, 0.2) is 11.5 Å². The van der Waals surface area contributed by atoms with Crippen LogP contribution in [-0.2, 0) is 4.79 Å². The fourth-order valence-electron chi connectivity index (χ4n) is 2.71. The van der Waals surface area contributed by atoms with Crippen molar-refractivity contribution < 1.29 is 19.1 Å². The lowest BCUT2D eigenvalue weighted by Crippen LogP contribution is -2.27. The van der Waals surface area contributed by atoms with E-state index in [1.165, 1.54) is 0 Å². The number of ether oxygens (including phenoxy) is 2. The average Bonchev–Trinajstić information content (AvgIpc) is 2.95. The third-order valence-corrected chi connectivity index (χ3v) is 5.67. The van der Waals surface area contributed by atoms with Gasteiger partial charge in [0.25, 0.3) is 11.1 Å². The summed E-state index contributed by atoms with van der Waals surface area (Å²) in [7, 11) is 0. The normalized spacial score (nSPS) is 15.3. The molecule has 0 N–H and O–H groups in total. The fraction of sp³-hybridized carbons (Fsp3) is 0.238. The first-order chi connectivity index (χ1) is 13.9. The largest absolute Gasteiger partial charge is 0.490 e. The number of carbonyl (C=O) groups excluding carboxylic acids is 2. The molecule has 29 heavy (non-hydrogen) atoms. The van der Waals surface area contributed by atoms with Gasteiger partial charge in [0.1, 0.15) is 0 Å². The van der Waals surface area contributed by atoms with E-state index < -0.39 is 0 Å². The summed E-state index contributed by atoms with van der Waals surface area (Å²) >= 11 is 10.3. The van der Waals surface area contributed by atoms with Gasteiger partial charge in [-0.15, -0.1) is 0 Å². The first-order valence-electron chi connectivity index (χ1n) is 9.07. The molecule has 2 aromatic rings. The quantitative estimate of drug-likeness (QED) is 0.408. The second-order valence-electron chi connectivity index (χ2n) is 6.10. The minimum atomic E-state index is -0.372. The van der Waals surface area contributed by atoms with Gasteiger partial charge in [-0.3, -0.25) is 9.59 Å². The number of anilines is 1. The Kier molecular flexibility index (Phi) is 7.27. The standard InChI is InChI=1S/C21H19BrClNO4S/c1-3-9-28-19-16(22)10-13(11-17(19)27-4-2)12-18-20(25)24(21(26)29-18)15-7-5-14(23)6-8-15/h5-8,10-12H,3-4,9H2,1-2H3/b18-12+. The number of nitrogens with zero attached hydrogens (tertiary/aromatic N) is 1. The van der Waals surface area contributed by atoms with Gasteiger partial charge < -0.3 is 9.47 Å². The highest BCUT2D eigenvalue weighted by molar-refractivity contribution is 9.10. The molecule has 0 spiro atoms. The topological polar surface area (TPSA) is 55.8 Å². The van der Waals surface area contributed by atoms with Crippen molar-refractivity contribution >= 4 is 62.2 Å². The number of amides is 2. The van der Waals surface area contributed by atoms with E-state index in [1.54, 1.807) is 36.4 Å². The predicted molar refractivity (Wildman–Crippen MR) is 121 cm³/mol. The molecule has 3 rings (SSSR count). The van der Waals surface area contributed by atoms with E-state index >= 15 is 0 Å². The zero-order chi connectivity index (χ0) is 21.0. The zero-order valence-corrected chi connectivity index (χ0v) is 19.1. The summed E-state index contributed by atoms with van der Waals surface area (Å²) in [5, 5.41) is 0.186. The molecule has 2 aromatic carbocycles. The Balaban J connectivity index is 1.92. The molecule has 5 nitrogen and oxygen atoms in total. The van der Waals surface area contributed by atoms with Crippen LogP contribution in [0.1, 0.15) is 25.8 Å². The van der Waals surface area contributed by atoms with Crippen LogP contribution in [0.3, 0.4) is 0 Å². The van der Waals surface area contributed by atoms with Gasteiger partial charge in [0.05, 0.1) is 28.3 Å². The predicted octanol–water partition coefficient (Wildman–Crippen LogP) is 6.53. The fourth-order valence-corrected chi connectivity index (χ4v) is 4.25. The molecule has 1 aliphatic rings. The number of hydrogen-bond donors (Lipinski definition) is 0. The summed E-state index contributed by atoms with van der Waals surface area (Å²) in [6, 6.07) is 10.2. The highest BCUT2D eigenvalue weighted by atomic mass is 79.9. The molecule has 2 amide bonds. The van der Waals surface area contributed by atoms with Gasteiger partial charge >= 0.3 is 0 Å². The molecule has 0 bridgehead atoms. The summed E-state index contributed by atoms with van der Waals surface area (Å²) in [5.74, 6) is 0.835.